The Bertz CT molecular complexity index is 3040. The van der Waals surface area contributed by atoms with Gasteiger partial charge in [-0.15, -0.1) is 0 Å². The molecule has 0 radical (unpaired) electrons. The van der Waals surface area contributed by atoms with Crippen molar-refractivity contribution in [1.29, 1.82) is 0 Å². The average molecular weight is 740 g/mol. The molecule has 1 heteroatoms. The predicted octanol–water partition coefficient (Wildman–Crippen LogP) is 15.4. The van der Waals surface area contributed by atoms with Crippen molar-refractivity contribution in [3.05, 3.63) is 235 Å². The van der Waals surface area contributed by atoms with Gasteiger partial charge < -0.3 is 4.57 Å². The Morgan fingerprint density at radius 3 is 1.53 bits per heavy atom. The molecule has 0 fully saturated rings. The van der Waals surface area contributed by atoms with E-state index in [1.54, 1.807) is 0 Å². The van der Waals surface area contributed by atoms with Gasteiger partial charge in [0.2, 0.25) is 0 Å². The van der Waals surface area contributed by atoms with E-state index < -0.39 is 0 Å². The van der Waals surface area contributed by atoms with Crippen LogP contribution in [0.1, 0.15) is 35.4 Å². The van der Waals surface area contributed by atoms with Crippen LogP contribution in [0.4, 0.5) is 0 Å². The summed E-state index contributed by atoms with van der Waals surface area (Å²) in [6.45, 7) is 2.40. The molecule has 1 aromatic heterocycles. The summed E-state index contributed by atoms with van der Waals surface area (Å²) in [5.74, 6) is 0.610. The fourth-order valence-electron chi connectivity index (χ4n) is 9.58. The lowest BCUT2D eigenvalue weighted by Crippen LogP contribution is -2.17. The zero-order valence-electron chi connectivity index (χ0n) is 32.4. The van der Waals surface area contributed by atoms with Gasteiger partial charge in [-0.05, 0) is 121 Å². The van der Waals surface area contributed by atoms with Crippen molar-refractivity contribution < 1.29 is 0 Å². The first-order valence-corrected chi connectivity index (χ1v) is 20.4. The predicted molar refractivity (Wildman–Crippen MR) is 245 cm³/mol. The molecule has 0 aliphatic heterocycles. The fourth-order valence-corrected chi connectivity index (χ4v) is 9.58. The summed E-state index contributed by atoms with van der Waals surface area (Å²) in [5, 5.41) is 2.51. The second-order valence-electron chi connectivity index (χ2n) is 15.7. The van der Waals surface area contributed by atoms with Crippen LogP contribution in [0.5, 0.6) is 0 Å². The lowest BCUT2D eigenvalue weighted by Gasteiger charge is -2.34. The number of hydrogen-bond donors (Lipinski definition) is 0. The van der Waals surface area contributed by atoms with E-state index >= 15 is 0 Å². The molecule has 1 aliphatic carbocycles. The van der Waals surface area contributed by atoms with E-state index in [1.165, 1.54) is 94.1 Å². The van der Waals surface area contributed by atoms with Gasteiger partial charge in [-0.1, -0.05) is 183 Å². The van der Waals surface area contributed by atoms with E-state index in [2.05, 4.69) is 230 Å². The zero-order valence-corrected chi connectivity index (χ0v) is 32.4. The summed E-state index contributed by atoms with van der Waals surface area (Å²) in [5.41, 5.74) is 20.2. The number of rotatable bonds is 6. The lowest BCUT2D eigenvalue weighted by atomic mass is 9.69. The molecule has 0 saturated carbocycles. The molecule has 274 valence electrons. The molecule has 58 heavy (non-hydrogen) atoms. The maximum absolute atomic E-state index is 2.45. The SMILES string of the molecule is CC1c2ccc(-c3ccc4c(c3)c3ccccc3n4-c3cc(-c4ccccc4)cc(-c4ccccc4)c3)cc2-c2ccccc2C1c1ccc(-c2ccccc2)cc1. The molecule has 2 unspecified atom stereocenters. The van der Waals surface area contributed by atoms with Gasteiger partial charge >= 0.3 is 0 Å². The van der Waals surface area contributed by atoms with Gasteiger partial charge in [0.25, 0.3) is 0 Å². The Labute approximate surface area is 340 Å². The molecule has 0 amide bonds. The lowest BCUT2D eigenvalue weighted by molar-refractivity contribution is 0.650. The first kappa shape index (κ1) is 34.1. The Balaban J connectivity index is 1.01. The molecule has 0 saturated heterocycles. The maximum Gasteiger partial charge on any atom is 0.0541 e. The van der Waals surface area contributed by atoms with Crippen molar-refractivity contribution in [3.8, 4) is 61.3 Å². The van der Waals surface area contributed by atoms with Gasteiger partial charge in [0.15, 0.2) is 0 Å². The molecule has 11 rings (SSSR count). The van der Waals surface area contributed by atoms with Gasteiger partial charge in [-0.2, -0.15) is 0 Å². The summed E-state index contributed by atoms with van der Waals surface area (Å²) in [4.78, 5) is 0. The topological polar surface area (TPSA) is 4.93 Å². The Kier molecular flexibility index (Phi) is 8.26. The Morgan fingerprint density at radius 1 is 0.328 bits per heavy atom. The molecule has 10 aromatic rings. The summed E-state index contributed by atoms with van der Waals surface area (Å²) in [7, 11) is 0. The van der Waals surface area contributed by atoms with Crippen LogP contribution in [0.2, 0.25) is 0 Å². The van der Waals surface area contributed by atoms with E-state index in [-0.39, 0.29) is 5.92 Å². The third-order valence-corrected chi connectivity index (χ3v) is 12.4. The van der Waals surface area contributed by atoms with Crippen LogP contribution in [0.25, 0.3) is 83.1 Å². The molecule has 2 atom stereocenters. The first-order valence-electron chi connectivity index (χ1n) is 20.4. The largest absolute Gasteiger partial charge is 0.309 e. The molecule has 1 aliphatic rings. The summed E-state index contributed by atoms with van der Waals surface area (Å²) >= 11 is 0. The van der Waals surface area contributed by atoms with Gasteiger partial charge in [-0.25, -0.2) is 0 Å². The molecular weight excluding hydrogens is 699 g/mol. The highest BCUT2D eigenvalue weighted by molar-refractivity contribution is 6.10. The highest BCUT2D eigenvalue weighted by Gasteiger charge is 2.32. The van der Waals surface area contributed by atoms with Crippen LogP contribution in [0.3, 0.4) is 0 Å². The van der Waals surface area contributed by atoms with Gasteiger partial charge in [0.1, 0.15) is 0 Å². The molecular formula is C57H41N. The second-order valence-corrected chi connectivity index (χ2v) is 15.7. The fraction of sp³-hybridized carbons (Fsp3) is 0.0526. The minimum atomic E-state index is 0.282. The van der Waals surface area contributed by atoms with Crippen LogP contribution in [0, 0.1) is 0 Å². The second kappa shape index (κ2) is 14.1. The molecule has 1 nitrogen and oxygen atoms in total. The minimum Gasteiger partial charge on any atom is -0.309 e. The molecule has 0 bridgehead atoms. The monoisotopic (exact) mass is 739 g/mol. The third kappa shape index (κ3) is 5.78. The molecule has 9 aromatic carbocycles. The maximum atomic E-state index is 2.45. The number of benzene rings is 9. The summed E-state index contributed by atoms with van der Waals surface area (Å²) < 4.78 is 2.45. The highest BCUT2D eigenvalue weighted by atomic mass is 15.0. The number of nitrogens with zero attached hydrogens (tertiary/aromatic N) is 1. The van der Waals surface area contributed by atoms with Crippen molar-refractivity contribution in [2.45, 2.75) is 18.8 Å². The Morgan fingerprint density at radius 2 is 0.845 bits per heavy atom. The van der Waals surface area contributed by atoms with Crippen LogP contribution in [-0.2, 0) is 0 Å². The van der Waals surface area contributed by atoms with Crippen LogP contribution in [0.15, 0.2) is 218 Å². The number of aromatic nitrogens is 1. The highest BCUT2D eigenvalue weighted by Crippen LogP contribution is 2.51. The first-order chi connectivity index (χ1) is 28.7. The smallest absolute Gasteiger partial charge is 0.0541 e. The van der Waals surface area contributed by atoms with Crippen molar-refractivity contribution in [2.75, 3.05) is 0 Å². The Hall–Kier alpha value is -7.22. The van der Waals surface area contributed by atoms with E-state index in [0.29, 0.717) is 5.92 Å². The van der Waals surface area contributed by atoms with Crippen LogP contribution in [-0.4, -0.2) is 4.57 Å². The van der Waals surface area contributed by atoms with Crippen LogP contribution >= 0.6 is 0 Å². The summed E-state index contributed by atoms with van der Waals surface area (Å²) in [6.07, 6.45) is 0. The van der Waals surface area contributed by atoms with E-state index in [4.69, 9.17) is 0 Å². The normalized spacial score (nSPS) is 14.6. The van der Waals surface area contributed by atoms with Gasteiger partial charge in [-0.3, -0.25) is 0 Å². The van der Waals surface area contributed by atoms with E-state index in [1.807, 2.05) is 0 Å². The number of hydrogen-bond acceptors (Lipinski definition) is 0. The van der Waals surface area contributed by atoms with Crippen molar-refractivity contribution in [2.24, 2.45) is 0 Å². The number of para-hydroxylation sites is 1. The van der Waals surface area contributed by atoms with E-state index in [0.717, 1.165) is 5.69 Å². The van der Waals surface area contributed by atoms with Crippen molar-refractivity contribution in [1.82, 2.24) is 4.57 Å². The summed E-state index contributed by atoms with van der Waals surface area (Å²) in [6, 6.07) is 80.5. The third-order valence-electron chi connectivity index (χ3n) is 12.4. The standard InChI is InChI=1S/C57H41N/c1-38-49-31-29-44(36-53(49)50-21-11-12-23-52(50)57(38)43-27-25-42(26-28-43)39-15-5-2-6-16-39)45-30-32-56-54(37-45)51-22-13-14-24-55(51)58(56)48-34-46(40-17-7-3-8-18-40)33-47(35-48)41-19-9-4-10-20-41/h2-38,57H,1H3. The molecule has 1 heterocycles. The quantitative estimate of drug-likeness (QED) is 0.160. The van der Waals surface area contributed by atoms with Gasteiger partial charge in [0, 0.05) is 22.4 Å². The average Bonchev–Trinajstić information content (AvgIpc) is 3.64. The zero-order chi connectivity index (χ0) is 38.6. The molecule has 0 N–H and O–H groups in total. The minimum absolute atomic E-state index is 0.282. The van der Waals surface area contributed by atoms with E-state index in [9.17, 15) is 0 Å². The van der Waals surface area contributed by atoms with Gasteiger partial charge in [0.05, 0.1) is 11.0 Å². The van der Waals surface area contributed by atoms with Crippen molar-refractivity contribution in [3.63, 3.8) is 0 Å². The molecule has 0 spiro atoms. The number of fused-ring (bicyclic) bond motifs is 6. The van der Waals surface area contributed by atoms with Crippen LogP contribution < -0.4 is 0 Å². The van der Waals surface area contributed by atoms with Crippen molar-refractivity contribution >= 4 is 21.8 Å².